The first kappa shape index (κ1) is 25.7. The summed E-state index contributed by atoms with van der Waals surface area (Å²) in [5, 5.41) is 0. The van der Waals surface area contributed by atoms with Crippen molar-refractivity contribution in [2.75, 3.05) is 20.3 Å². The first-order valence-electron chi connectivity index (χ1n) is 11.0. The number of unbranched alkanes of at least 4 members (excludes halogenated alkanes) is 9. The normalized spacial score (nSPS) is 12.1. The Labute approximate surface area is 167 Å². The van der Waals surface area contributed by atoms with Crippen LogP contribution >= 0.6 is 0 Å². The maximum absolute atomic E-state index is 12.4. The van der Waals surface area contributed by atoms with Crippen molar-refractivity contribution in [3.63, 3.8) is 0 Å². The lowest BCUT2D eigenvalue weighted by molar-refractivity contribution is -0.150. The smallest absolute Gasteiger partial charge is 0.410 e. The molecule has 27 heavy (non-hydrogen) atoms. The molecule has 0 aromatic rings. The van der Waals surface area contributed by atoms with E-state index in [1.165, 1.54) is 49.8 Å². The van der Waals surface area contributed by atoms with Gasteiger partial charge in [0.15, 0.2) is 0 Å². The quantitative estimate of drug-likeness (QED) is 0.243. The number of hydrogen-bond acceptors (Lipinski definition) is 4. The van der Waals surface area contributed by atoms with Crippen molar-refractivity contribution in [3.8, 4) is 0 Å². The Kier molecular flexibility index (Phi) is 16.1. The number of nitrogens with zero attached hydrogens (tertiary/aromatic N) is 1. The number of esters is 1. The lowest BCUT2D eigenvalue weighted by Gasteiger charge is -2.28. The van der Waals surface area contributed by atoms with Crippen LogP contribution in [0.5, 0.6) is 0 Å². The average molecular weight is 386 g/mol. The summed E-state index contributed by atoms with van der Waals surface area (Å²) in [5.41, 5.74) is 0. The second-order valence-electron chi connectivity index (χ2n) is 7.76. The van der Waals surface area contributed by atoms with Crippen LogP contribution in [-0.4, -0.2) is 43.3 Å². The summed E-state index contributed by atoms with van der Waals surface area (Å²) in [4.78, 5) is 26.1. The SMILES string of the molecule is CCCCCCCCOC(=O)N(C)C(C(=O)OCCCCCCC)C(C)C. The van der Waals surface area contributed by atoms with Crippen LogP contribution in [0.4, 0.5) is 4.79 Å². The van der Waals surface area contributed by atoms with Gasteiger partial charge < -0.3 is 9.47 Å². The Bertz CT molecular complexity index is 385. The van der Waals surface area contributed by atoms with E-state index < -0.39 is 12.1 Å². The fraction of sp³-hybridized carbons (Fsp3) is 0.909. The number of likely N-dealkylation sites (N-methyl/N-ethyl adjacent to an activating group) is 1. The van der Waals surface area contributed by atoms with Gasteiger partial charge in [-0.3, -0.25) is 4.90 Å². The molecule has 0 radical (unpaired) electrons. The molecule has 1 amide bonds. The third kappa shape index (κ3) is 12.7. The fourth-order valence-electron chi connectivity index (χ4n) is 3.10. The zero-order valence-corrected chi connectivity index (χ0v) is 18.4. The van der Waals surface area contributed by atoms with Crippen molar-refractivity contribution < 1.29 is 19.1 Å². The summed E-state index contributed by atoms with van der Waals surface area (Å²) >= 11 is 0. The van der Waals surface area contributed by atoms with Gasteiger partial charge in [-0.15, -0.1) is 0 Å². The number of rotatable bonds is 16. The zero-order chi connectivity index (χ0) is 20.5. The molecule has 1 unspecified atom stereocenters. The minimum absolute atomic E-state index is 0.0239. The molecule has 0 rings (SSSR count). The number of carbonyl (C=O) groups is 2. The van der Waals surface area contributed by atoms with E-state index in [4.69, 9.17) is 9.47 Å². The second-order valence-corrected chi connectivity index (χ2v) is 7.76. The Morgan fingerprint density at radius 3 is 1.67 bits per heavy atom. The predicted molar refractivity (Wildman–Crippen MR) is 111 cm³/mol. The van der Waals surface area contributed by atoms with Crippen molar-refractivity contribution in [2.45, 2.75) is 104 Å². The van der Waals surface area contributed by atoms with Gasteiger partial charge in [0.25, 0.3) is 0 Å². The molecule has 160 valence electrons. The highest BCUT2D eigenvalue weighted by molar-refractivity contribution is 5.81. The van der Waals surface area contributed by atoms with Gasteiger partial charge in [-0.05, 0) is 18.8 Å². The van der Waals surface area contributed by atoms with E-state index in [1.807, 2.05) is 13.8 Å². The van der Waals surface area contributed by atoms with E-state index >= 15 is 0 Å². The first-order valence-corrected chi connectivity index (χ1v) is 11.0. The van der Waals surface area contributed by atoms with Gasteiger partial charge in [0, 0.05) is 7.05 Å². The Morgan fingerprint density at radius 2 is 1.19 bits per heavy atom. The number of ether oxygens (including phenoxy) is 2. The second kappa shape index (κ2) is 16.9. The zero-order valence-electron chi connectivity index (χ0n) is 18.4. The molecule has 0 N–H and O–H groups in total. The molecule has 0 saturated carbocycles. The monoisotopic (exact) mass is 385 g/mol. The van der Waals surface area contributed by atoms with E-state index in [-0.39, 0.29) is 11.9 Å². The van der Waals surface area contributed by atoms with E-state index in [0.29, 0.717) is 13.2 Å². The molecule has 0 aliphatic rings. The molecule has 1 atom stereocenters. The third-order valence-electron chi connectivity index (χ3n) is 4.79. The van der Waals surface area contributed by atoms with Crippen LogP contribution in [-0.2, 0) is 14.3 Å². The number of carbonyl (C=O) groups excluding carboxylic acids is 2. The summed E-state index contributed by atoms with van der Waals surface area (Å²) in [7, 11) is 1.62. The Hall–Kier alpha value is -1.26. The molecule has 5 nitrogen and oxygen atoms in total. The molecular weight excluding hydrogens is 342 g/mol. The maximum Gasteiger partial charge on any atom is 0.410 e. The Morgan fingerprint density at radius 1 is 0.741 bits per heavy atom. The minimum atomic E-state index is -0.599. The van der Waals surface area contributed by atoms with Gasteiger partial charge >= 0.3 is 12.1 Å². The lowest BCUT2D eigenvalue weighted by atomic mass is 10.0. The summed E-state index contributed by atoms with van der Waals surface area (Å²) < 4.78 is 10.7. The minimum Gasteiger partial charge on any atom is -0.464 e. The van der Waals surface area contributed by atoms with Gasteiger partial charge in [-0.2, -0.15) is 0 Å². The summed E-state index contributed by atoms with van der Waals surface area (Å²) in [6.07, 6.45) is 12.0. The van der Waals surface area contributed by atoms with Crippen LogP contribution in [0, 0.1) is 5.92 Å². The summed E-state index contributed by atoms with van der Waals surface area (Å²) in [6, 6.07) is -0.599. The standard InChI is InChI=1S/C22H43NO4/c1-6-8-10-12-14-16-18-27-22(25)23(5)20(19(3)4)21(24)26-17-15-13-11-9-7-2/h19-20H,6-18H2,1-5H3. The maximum atomic E-state index is 12.4. The van der Waals surface area contributed by atoms with E-state index in [2.05, 4.69) is 13.8 Å². The molecule has 0 heterocycles. The molecule has 0 aliphatic carbocycles. The Balaban J connectivity index is 4.18. The van der Waals surface area contributed by atoms with Crippen LogP contribution < -0.4 is 0 Å². The third-order valence-corrected chi connectivity index (χ3v) is 4.79. The highest BCUT2D eigenvalue weighted by Crippen LogP contribution is 2.14. The number of hydrogen-bond donors (Lipinski definition) is 0. The topological polar surface area (TPSA) is 55.8 Å². The largest absolute Gasteiger partial charge is 0.464 e. The molecule has 0 bridgehead atoms. The van der Waals surface area contributed by atoms with E-state index in [1.54, 1.807) is 7.05 Å². The molecule has 0 fully saturated rings. The average Bonchev–Trinajstić information content (AvgIpc) is 2.63. The van der Waals surface area contributed by atoms with E-state index in [9.17, 15) is 9.59 Å². The van der Waals surface area contributed by atoms with Crippen molar-refractivity contribution in [1.82, 2.24) is 4.90 Å². The van der Waals surface area contributed by atoms with Crippen LogP contribution in [0.25, 0.3) is 0 Å². The van der Waals surface area contributed by atoms with Gasteiger partial charge in [-0.25, -0.2) is 9.59 Å². The molecule has 5 heteroatoms. The number of amides is 1. The predicted octanol–water partition coefficient (Wildman–Crippen LogP) is 5.95. The van der Waals surface area contributed by atoms with Crippen molar-refractivity contribution in [3.05, 3.63) is 0 Å². The van der Waals surface area contributed by atoms with Crippen LogP contribution in [0.15, 0.2) is 0 Å². The van der Waals surface area contributed by atoms with Crippen molar-refractivity contribution in [1.29, 1.82) is 0 Å². The molecular formula is C22H43NO4. The molecule has 0 spiro atoms. The first-order chi connectivity index (χ1) is 13.0. The highest BCUT2D eigenvalue weighted by atomic mass is 16.6. The molecule has 0 aromatic heterocycles. The van der Waals surface area contributed by atoms with Crippen LogP contribution in [0.3, 0.4) is 0 Å². The van der Waals surface area contributed by atoms with Crippen LogP contribution in [0.1, 0.15) is 98.3 Å². The lowest BCUT2D eigenvalue weighted by Crippen LogP contribution is -2.46. The van der Waals surface area contributed by atoms with E-state index in [0.717, 1.165) is 25.7 Å². The fourth-order valence-corrected chi connectivity index (χ4v) is 3.10. The highest BCUT2D eigenvalue weighted by Gasteiger charge is 2.32. The molecule has 0 aliphatic heterocycles. The van der Waals surface area contributed by atoms with Crippen LogP contribution in [0.2, 0.25) is 0 Å². The van der Waals surface area contributed by atoms with Gasteiger partial charge in [-0.1, -0.05) is 85.5 Å². The van der Waals surface area contributed by atoms with Crippen molar-refractivity contribution >= 4 is 12.1 Å². The van der Waals surface area contributed by atoms with Gasteiger partial charge in [0.2, 0.25) is 0 Å². The summed E-state index contributed by atoms with van der Waals surface area (Å²) in [5.74, 6) is -0.358. The molecule has 0 aromatic carbocycles. The van der Waals surface area contributed by atoms with Crippen molar-refractivity contribution in [2.24, 2.45) is 5.92 Å². The van der Waals surface area contributed by atoms with Gasteiger partial charge in [0.1, 0.15) is 6.04 Å². The summed E-state index contributed by atoms with van der Waals surface area (Å²) in [6.45, 7) is 9.04. The molecule has 0 saturated heterocycles. The van der Waals surface area contributed by atoms with Gasteiger partial charge in [0.05, 0.1) is 13.2 Å².